The van der Waals surface area contributed by atoms with E-state index in [-0.39, 0.29) is 0 Å². The van der Waals surface area contributed by atoms with Crippen LogP contribution in [0.25, 0.3) is 0 Å². The van der Waals surface area contributed by atoms with Crippen LogP contribution in [0.2, 0.25) is 0 Å². The molecule has 0 bridgehead atoms. The van der Waals surface area contributed by atoms with Gasteiger partial charge in [-0.2, -0.15) is 10.2 Å². The maximum atomic E-state index is 4.60. The molecule has 16 heavy (non-hydrogen) atoms. The van der Waals surface area contributed by atoms with Gasteiger partial charge in [0.2, 0.25) is 0 Å². The predicted octanol–water partition coefficient (Wildman–Crippen LogP) is 1.64. The van der Waals surface area contributed by atoms with Crippen molar-refractivity contribution in [3.63, 3.8) is 0 Å². The highest BCUT2D eigenvalue weighted by atomic mass is 15.3. The second-order valence-electron chi connectivity index (χ2n) is 4.32. The van der Waals surface area contributed by atoms with Crippen molar-refractivity contribution in [3.05, 3.63) is 30.6 Å². The average molecular weight is 217 g/mol. The molecule has 5 nitrogen and oxygen atoms in total. The molecule has 3 rings (SSSR count). The van der Waals surface area contributed by atoms with Gasteiger partial charge in [0.1, 0.15) is 12.7 Å². The van der Waals surface area contributed by atoms with Crippen molar-refractivity contribution in [2.75, 3.05) is 0 Å². The lowest BCUT2D eigenvalue weighted by Gasteiger charge is -2.08. The fraction of sp³-hybridized carbons (Fsp3) is 0.545. The van der Waals surface area contributed by atoms with Crippen LogP contribution in [0.3, 0.4) is 0 Å². The van der Waals surface area contributed by atoms with Crippen molar-refractivity contribution in [2.45, 2.75) is 38.3 Å². The van der Waals surface area contributed by atoms with Gasteiger partial charge in [0.25, 0.3) is 0 Å². The molecule has 84 valence electrons. The maximum Gasteiger partial charge on any atom is 0.137 e. The van der Waals surface area contributed by atoms with E-state index in [1.807, 2.05) is 0 Å². The number of hydrogen-bond acceptors (Lipinski definition) is 3. The molecule has 1 aliphatic rings. The quantitative estimate of drug-likeness (QED) is 0.785. The molecule has 1 fully saturated rings. The lowest BCUT2D eigenvalue weighted by atomic mass is 10.3. The lowest BCUT2D eigenvalue weighted by molar-refractivity contribution is 0.460. The van der Waals surface area contributed by atoms with Gasteiger partial charge in [-0.25, -0.2) is 9.67 Å². The normalized spacial score (nSPS) is 17.0. The van der Waals surface area contributed by atoms with E-state index < -0.39 is 0 Å². The first-order valence-electron chi connectivity index (χ1n) is 5.78. The van der Waals surface area contributed by atoms with E-state index in [4.69, 9.17) is 0 Å². The molecule has 0 N–H and O–H groups in total. The molecule has 0 aliphatic heterocycles. The highest BCUT2D eigenvalue weighted by Crippen LogP contribution is 2.28. The number of aromatic nitrogens is 5. The van der Waals surface area contributed by atoms with Gasteiger partial charge in [-0.15, -0.1) is 0 Å². The smallest absolute Gasteiger partial charge is 0.137 e. The SMILES string of the molecule is c1ncn(Cc2ccn(C3CCCC3)n2)n1. The molecule has 2 aromatic rings. The molecule has 2 heterocycles. The van der Waals surface area contributed by atoms with Gasteiger partial charge in [-0.05, 0) is 18.9 Å². The van der Waals surface area contributed by atoms with E-state index in [0.717, 1.165) is 5.69 Å². The van der Waals surface area contributed by atoms with Crippen LogP contribution >= 0.6 is 0 Å². The van der Waals surface area contributed by atoms with Crippen molar-refractivity contribution in [2.24, 2.45) is 0 Å². The standard InChI is InChI=1S/C11H15N5/c1-2-4-11(3-1)16-6-5-10(14-16)7-15-9-12-8-13-15/h5-6,8-9,11H,1-4,7H2. The monoisotopic (exact) mass is 217 g/mol. The average Bonchev–Trinajstić information content (AvgIpc) is 2.99. The van der Waals surface area contributed by atoms with Gasteiger partial charge >= 0.3 is 0 Å². The largest absolute Gasteiger partial charge is 0.269 e. The topological polar surface area (TPSA) is 48.5 Å². The van der Waals surface area contributed by atoms with E-state index in [0.29, 0.717) is 12.6 Å². The predicted molar refractivity (Wildman–Crippen MR) is 58.9 cm³/mol. The van der Waals surface area contributed by atoms with Crippen LogP contribution in [0, 0.1) is 0 Å². The Bertz CT molecular complexity index is 439. The van der Waals surface area contributed by atoms with E-state index >= 15 is 0 Å². The summed E-state index contributed by atoms with van der Waals surface area (Å²) in [6, 6.07) is 2.68. The third kappa shape index (κ3) is 1.85. The van der Waals surface area contributed by atoms with Gasteiger partial charge in [0, 0.05) is 6.20 Å². The molecule has 0 atom stereocenters. The third-order valence-electron chi connectivity index (χ3n) is 3.15. The summed E-state index contributed by atoms with van der Waals surface area (Å²) in [5, 5.41) is 8.67. The Morgan fingerprint density at radius 1 is 1.31 bits per heavy atom. The van der Waals surface area contributed by atoms with Crippen LogP contribution < -0.4 is 0 Å². The highest BCUT2D eigenvalue weighted by molar-refractivity contribution is 5.00. The van der Waals surface area contributed by atoms with Crippen molar-refractivity contribution in [1.82, 2.24) is 24.5 Å². The minimum atomic E-state index is 0.615. The zero-order chi connectivity index (χ0) is 10.8. The van der Waals surface area contributed by atoms with Crippen LogP contribution in [-0.2, 0) is 6.54 Å². The number of hydrogen-bond donors (Lipinski definition) is 0. The van der Waals surface area contributed by atoms with Gasteiger partial charge < -0.3 is 0 Å². The van der Waals surface area contributed by atoms with E-state index in [1.165, 1.54) is 25.7 Å². The van der Waals surface area contributed by atoms with Gasteiger partial charge in [0.15, 0.2) is 0 Å². The highest BCUT2D eigenvalue weighted by Gasteiger charge is 2.17. The zero-order valence-corrected chi connectivity index (χ0v) is 9.16. The van der Waals surface area contributed by atoms with Crippen molar-refractivity contribution < 1.29 is 0 Å². The molecular formula is C11H15N5. The number of rotatable bonds is 3. The minimum absolute atomic E-state index is 0.615. The second-order valence-corrected chi connectivity index (χ2v) is 4.32. The lowest BCUT2D eigenvalue weighted by Crippen LogP contribution is -2.07. The van der Waals surface area contributed by atoms with Crippen molar-refractivity contribution in [3.8, 4) is 0 Å². The Morgan fingerprint density at radius 3 is 2.94 bits per heavy atom. The Balaban J connectivity index is 1.72. The Labute approximate surface area is 94.1 Å². The summed E-state index contributed by atoms with van der Waals surface area (Å²) >= 11 is 0. The number of nitrogens with zero attached hydrogens (tertiary/aromatic N) is 5. The molecule has 0 radical (unpaired) electrons. The van der Waals surface area contributed by atoms with Gasteiger partial charge in [-0.1, -0.05) is 12.8 Å². The molecule has 1 saturated carbocycles. The molecule has 5 heteroatoms. The summed E-state index contributed by atoms with van der Waals surface area (Å²) in [5.41, 5.74) is 1.05. The maximum absolute atomic E-state index is 4.60. The van der Waals surface area contributed by atoms with Crippen molar-refractivity contribution in [1.29, 1.82) is 0 Å². The fourth-order valence-corrected chi connectivity index (χ4v) is 2.31. The third-order valence-corrected chi connectivity index (χ3v) is 3.15. The van der Waals surface area contributed by atoms with E-state index in [1.54, 1.807) is 17.3 Å². The summed E-state index contributed by atoms with van der Waals surface area (Å²) in [6.07, 6.45) is 10.6. The summed E-state index contributed by atoms with van der Waals surface area (Å²) in [6.45, 7) is 0.708. The molecule has 0 unspecified atom stereocenters. The Morgan fingerprint density at radius 2 is 2.19 bits per heavy atom. The molecule has 1 aliphatic carbocycles. The summed E-state index contributed by atoms with van der Waals surface area (Å²) in [7, 11) is 0. The van der Waals surface area contributed by atoms with Crippen LogP contribution in [0.4, 0.5) is 0 Å². The van der Waals surface area contributed by atoms with E-state index in [2.05, 4.69) is 32.1 Å². The van der Waals surface area contributed by atoms with Crippen LogP contribution in [-0.4, -0.2) is 24.5 Å². The van der Waals surface area contributed by atoms with E-state index in [9.17, 15) is 0 Å². The van der Waals surface area contributed by atoms with Crippen LogP contribution in [0.15, 0.2) is 24.9 Å². The molecule has 0 aromatic carbocycles. The molecule has 0 spiro atoms. The zero-order valence-electron chi connectivity index (χ0n) is 9.16. The second kappa shape index (κ2) is 4.08. The summed E-state index contributed by atoms with van der Waals surface area (Å²) in [4.78, 5) is 3.92. The fourth-order valence-electron chi connectivity index (χ4n) is 2.31. The van der Waals surface area contributed by atoms with Crippen molar-refractivity contribution >= 4 is 0 Å². The summed E-state index contributed by atoms with van der Waals surface area (Å²) in [5.74, 6) is 0. The molecular weight excluding hydrogens is 202 g/mol. The Kier molecular flexibility index (Phi) is 2.44. The molecule has 0 amide bonds. The first-order chi connectivity index (χ1) is 7.92. The molecule has 0 saturated heterocycles. The van der Waals surface area contributed by atoms with Crippen LogP contribution in [0.1, 0.15) is 37.4 Å². The first-order valence-corrected chi connectivity index (χ1v) is 5.78. The first kappa shape index (κ1) is 9.57. The van der Waals surface area contributed by atoms with Gasteiger partial charge in [0.05, 0.1) is 18.3 Å². The molecule has 2 aromatic heterocycles. The Hall–Kier alpha value is -1.65. The minimum Gasteiger partial charge on any atom is -0.269 e. The van der Waals surface area contributed by atoms with Gasteiger partial charge in [-0.3, -0.25) is 4.68 Å². The van der Waals surface area contributed by atoms with Crippen LogP contribution in [0.5, 0.6) is 0 Å². The summed E-state index contributed by atoms with van der Waals surface area (Å²) < 4.78 is 3.90.